The molecule has 0 radical (unpaired) electrons. The van der Waals surface area contributed by atoms with Crippen molar-refractivity contribution in [2.45, 2.75) is 19.3 Å². The van der Waals surface area contributed by atoms with E-state index in [9.17, 15) is 9.59 Å². The molecule has 2 aliphatic rings. The summed E-state index contributed by atoms with van der Waals surface area (Å²) in [6, 6.07) is 12.7. The van der Waals surface area contributed by atoms with Crippen molar-refractivity contribution in [3.8, 4) is 17.2 Å². The molecule has 0 unspecified atom stereocenters. The maximum Gasteiger partial charge on any atom is 0.313 e. The summed E-state index contributed by atoms with van der Waals surface area (Å²) < 4.78 is 22.7. The minimum atomic E-state index is -0.732. The minimum Gasteiger partial charge on any atom is -0.495 e. The van der Waals surface area contributed by atoms with Gasteiger partial charge in [-0.25, -0.2) is 0 Å². The first-order chi connectivity index (χ1) is 24.4. The number of hydrogen-bond acceptors (Lipinski definition) is 11. The van der Waals surface area contributed by atoms with Gasteiger partial charge in [-0.3, -0.25) is 19.5 Å². The number of halogens is 1. The Labute approximate surface area is 296 Å². The van der Waals surface area contributed by atoms with Crippen LogP contribution in [-0.4, -0.2) is 117 Å². The van der Waals surface area contributed by atoms with Gasteiger partial charge in [0.15, 0.2) is 17.3 Å². The summed E-state index contributed by atoms with van der Waals surface area (Å²) in [7, 11) is 3.15. The van der Waals surface area contributed by atoms with Crippen LogP contribution in [0, 0.1) is 0 Å². The molecule has 6 rings (SSSR count). The van der Waals surface area contributed by atoms with Gasteiger partial charge in [0.25, 0.3) is 0 Å². The van der Waals surface area contributed by atoms with E-state index in [0.29, 0.717) is 73.0 Å². The van der Waals surface area contributed by atoms with E-state index in [0.717, 1.165) is 67.7 Å². The van der Waals surface area contributed by atoms with E-state index in [1.807, 2.05) is 24.3 Å². The number of pyridine rings is 1. The number of rotatable bonds is 12. The number of anilines is 2. The summed E-state index contributed by atoms with van der Waals surface area (Å²) in [5, 5.41) is 14.1. The summed E-state index contributed by atoms with van der Waals surface area (Å²) in [6.45, 7) is 6.69. The molecule has 4 aromatic rings. The molecule has 14 heteroatoms. The van der Waals surface area contributed by atoms with E-state index in [-0.39, 0.29) is 0 Å². The van der Waals surface area contributed by atoms with Crippen LogP contribution in [0.25, 0.3) is 10.8 Å². The molecule has 2 aliphatic heterocycles. The Morgan fingerprint density at radius 1 is 0.860 bits per heavy atom. The molecular formula is C36H42ClN7O6. The monoisotopic (exact) mass is 703 g/mol. The standard InChI is InChI=1S/C36H42ClN7O6/c1-47-31-6-5-26(22-29(31)37)39-35(45)36(46)44-14-12-43(13-15-44)34-28-24-33(50-18-4-3-11-42-16-19-49-20-17-42)32(48-2)23-27(28)30(40-41-34)21-25-7-9-38-10-8-25/h5-10,22-24H,3-4,11-21H2,1-2H3,(H,39,45). The van der Waals surface area contributed by atoms with Crippen molar-refractivity contribution in [2.75, 3.05) is 90.1 Å². The Hall–Kier alpha value is -4.72. The zero-order valence-electron chi connectivity index (χ0n) is 28.4. The molecule has 264 valence electrons. The Kier molecular flexibility index (Phi) is 11.8. The zero-order valence-corrected chi connectivity index (χ0v) is 29.2. The highest BCUT2D eigenvalue weighted by Gasteiger charge is 2.28. The van der Waals surface area contributed by atoms with Crippen LogP contribution in [0.2, 0.25) is 5.02 Å². The Morgan fingerprint density at radius 3 is 2.32 bits per heavy atom. The number of fused-ring (bicyclic) bond motifs is 1. The van der Waals surface area contributed by atoms with Gasteiger partial charge in [-0.15, -0.1) is 5.10 Å². The number of methoxy groups -OCH3 is 2. The van der Waals surface area contributed by atoms with Crippen LogP contribution in [0.3, 0.4) is 0 Å². The SMILES string of the molecule is COc1ccc(NC(=O)C(=O)N2CCN(c3nnc(Cc4ccncc4)c4cc(OC)c(OCCCCN5CCOCC5)cc34)CC2)cc1Cl. The molecule has 2 aromatic carbocycles. The number of hydrogen-bond donors (Lipinski definition) is 1. The second kappa shape index (κ2) is 16.8. The molecule has 0 saturated carbocycles. The van der Waals surface area contributed by atoms with Crippen LogP contribution in [0.15, 0.2) is 54.9 Å². The van der Waals surface area contributed by atoms with Crippen molar-refractivity contribution < 1.29 is 28.5 Å². The molecule has 2 saturated heterocycles. The molecule has 1 N–H and O–H groups in total. The number of nitrogens with one attached hydrogen (secondary N) is 1. The molecule has 0 bridgehead atoms. The molecule has 2 fully saturated rings. The number of amides is 2. The number of unbranched alkanes of at least 4 members (excludes halogenated alkanes) is 1. The molecule has 2 amide bonds. The van der Waals surface area contributed by atoms with Gasteiger partial charge in [0.1, 0.15) is 5.75 Å². The van der Waals surface area contributed by atoms with Gasteiger partial charge in [0.2, 0.25) is 0 Å². The number of carbonyl (C=O) groups excluding carboxylic acids is 2. The lowest BCUT2D eigenvalue weighted by atomic mass is 10.0. The average molecular weight is 704 g/mol. The van der Waals surface area contributed by atoms with Crippen LogP contribution in [-0.2, 0) is 20.7 Å². The van der Waals surface area contributed by atoms with Crippen molar-refractivity contribution in [3.63, 3.8) is 0 Å². The maximum atomic E-state index is 13.1. The van der Waals surface area contributed by atoms with Crippen molar-refractivity contribution in [3.05, 3.63) is 71.1 Å². The second-order valence-corrected chi connectivity index (χ2v) is 12.6. The summed E-state index contributed by atoms with van der Waals surface area (Å²) >= 11 is 6.19. The Balaban J connectivity index is 1.17. The van der Waals surface area contributed by atoms with E-state index in [1.165, 1.54) is 7.11 Å². The van der Waals surface area contributed by atoms with Gasteiger partial charge in [0.05, 0.1) is 44.8 Å². The number of aromatic nitrogens is 3. The Bertz CT molecular complexity index is 1780. The number of piperazine rings is 1. The summed E-state index contributed by atoms with van der Waals surface area (Å²) in [5.41, 5.74) is 2.27. The number of ether oxygens (including phenoxy) is 4. The third-order valence-electron chi connectivity index (χ3n) is 8.94. The molecule has 50 heavy (non-hydrogen) atoms. The van der Waals surface area contributed by atoms with Gasteiger partial charge in [-0.1, -0.05) is 11.6 Å². The molecular weight excluding hydrogens is 662 g/mol. The van der Waals surface area contributed by atoms with Crippen LogP contribution in [0.1, 0.15) is 24.1 Å². The minimum absolute atomic E-state index is 0.334. The fourth-order valence-electron chi connectivity index (χ4n) is 6.17. The quantitative estimate of drug-likeness (QED) is 0.169. The third kappa shape index (κ3) is 8.52. The molecule has 0 spiro atoms. The predicted octanol–water partition coefficient (Wildman–Crippen LogP) is 4.06. The Morgan fingerprint density at radius 2 is 1.60 bits per heavy atom. The van der Waals surface area contributed by atoms with E-state index in [2.05, 4.69) is 25.2 Å². The number of nitrogens with zero attached hydrogens (tertiary/aromatic N) is 6. The van der Waals surface area contributed by atoms with Gasteiger partial charge in [0, 0.05) is 74.5 Å². The van der Waals surface area contributed by atoms with Gasteiger partial charge < -0.3 is 34.1 Å². The first kappa shape index (κ1) is 35.1. The lowest BCUT2D eigenvalue weighted by Gasteiger charge is -2.35. The number of morpholine rings is 1. The first-order valence-electron chi connectivity index (χ1n) is 16.8. The van der Waals surface area contributed by atoms with Gasteiger partial charge in [-0.2, -0.15) is 5.10 Å². The third-order valence-corrected chi connectivity index (χ3v) is 9.24. The van der Waals surface area contributed by atoms with Crippen molar-refractivity contribution in [1.82, 2.24) is 25.0 Å². The largest absolute Gasteiger partial charge is 0.495 e. The van der Waals surface area contributed by atoms with Crippen LogP contribution >= 0.6 is 11.6 Å². The maximum absolute atomic E-state index is 13.1. The second-order valence-electron chi connectivity index (χ2n) is 12.1. The lowest BCUT2D eigenvalue weighted by molar-refractivity contribution is -0.143. The number of benzene rings is 2. The zero-order chi connectivity index (χ0) is 34.9. The van der Waals surface area contributed by atoms with Crippen molar-refractivity contribution in [2.24, 2.45) is 0 Å². The molecule has 0 aliphatic carbocycles. The molecule has 2 aromatic heterocycles. The molecule has 4 heterocycles. The van der Waals surface area contributed by atoms with Crippen LogP contribution in [0.4, 0.5) is 11.5 Å². The van der Waals surface area contributed by atoms with E-state index < -0.39 is 11.8 Å². The highest BCUT2D eigenvalue weighted by atomic mass is 35.5. The first-order valence-corrected chi connectivity index (χ1v) is 17.2. The van der Waals surface area contributed by atoms with Gasteiger partial charge >= 0.3 is 11.8 Å². The van der Waals surface area contributed by atoms with Crippen LogP contribution in [0.5, 0.6) is 17.2 Å². The highest BCUT2D eigenvalue weighted by molar-refractivity contribution is 6.40. The van der Waals surface area contributed by atoms with Crippen molar-refractivity contribution in [1.29, 1.82) is 0 Å². The fourth-order valence-corrected chi connectivity index (χ4v) is 6.43. The van der Waals surface area contributed by atoms with E-state index in [1.54, 1.807) is 42.6 Å². The smallest absolute Gasteiger partial charge is 0.313 e. The highest BCUT2D eigenvalue weighted by Crippen LogP contribution is 2.38. The van der Waals surface area contributed by atoms with E-state index >= 15 is 0 Å². The van der Waals surface area contributed by atoms with Crippen molar-refractivity contribution >= 4 is 45.7 Å². The van der Waals surface area contributed by atoms with Crippen LogP contribution < -0.4 is 24.4 Å². The van der Waals surface area contributed by atoms with Gasteiger partial charge in [-0.05, 0) is 67.4 Å². The number of carbonyl (C=O) groups is 2. The molecule has 13 nitrogen and oxygen atoms in total. The fraction of sp³-hybridized carbons (Fsp3) is 0.417. The topological polar surface area (TPSA) is 131 Å². The van der Waals surface area contributed by atoms with E-state index in [4.69, 9.17) is 35.6 Å². The average Bonchev–Trinajstić information content (AvgIpc) is 3.15. The lowest BCUT2D eigenvalue weighted by Crippen LogP contribution is -2.51. The molecule has 0 atom stereocenters. The summed E-state index contributed by atoms with van der Waals surface area (Å²) in [4.78, 5) is 36.1. The predicted molar refractivity (Wildman–Crippen MR) is 191 cm³/mol. The summed E-state index contributed by atoms with van der Waals surface area (Å²) in [5.74, 6) is 1.07. The normalized spacial score (nSPS) is 15.2. The summed E-state index contributed by atoms with van der Waals surface area (Å²) in [6.07, 6.45) is 6.02.